The van der Waals surface area contributed by atoms with Crippen molar-refractivity contribution in [2.75, 3.05) is 0 Å². The molecule has 0 aliphatic carbocycles. The van der Waals surface area contributed by atoms with Gasteiger partial charge in [-0.3, -0.25) is 4.79 Å². The lowest BCUT2D eigenvalue weighted by molar-refractivity contribution is -0.105. The molecule has 4 nitrogen and oxygen atoms in total. The second-order valence-electron chi connectivity index (χ2n) is 5.18. The molecule has 2 aromatic carbocycles. The van der Waals surface area contributed by atoms with Crippen molar-refractivity contribution in [3.8, 4) is 0 Å². The number of rotatable bonds is 6. The Morgan fingerprint density at radius 3 is 2.17 bits per heavy atom. The van der Waals surface area contributed by atoms with E-state index in [9.17, 15) is 13.2 Å². The zero-order valence-electron chi connectivity index (χ0n) is 13.1. The number of carbonyl (C=O) groups is 1. The molecule has 120 valence electrons. The molecule has 0 saturated carbocycles. The molecule has 2 rings (SSSR count). The Balaban J connectivity index is 2.41. The molecular weight excluding hydrogens is 310 g/mol. The van der Waals surface area contributed by atoms with Gasteiger partial charge < -0.3 is 0 Å². The van der Waals surface area contributed by atoms with Crippen LogP contribution in [0.2, 0.25) is 0 Å². The van der Waals surface area contributed by atoms with E-state index in [0.717, 1.165) is 5.56 Å². The maximum Gasteiger partial charge on any atom is 0.241 e. The lowest BCUT2D eigenvalue weighted by atomic mass is 10.0. The van der Waals surface area contributed by atoms with E-state index >= 15 is 0 Å². The SMILES string of the molecule is CC=C(C=O)C(NS(=O)(=O)c1ccc(C)cc1)c1ccccc1. The molecule has 0 aliphatic rings. The van der Waals surface area contributed by atoms with Gasteiger partial charge in [0.15, 0.2) is 0 Å². The quantitative estimate of drug-likeness (QED) is 0.654. The van der Waals surface area contributed by atoms with Crippen molar-refractivity contribution in [2.24, 2.45) is 0 Å². The van der Waals surface area contributed by atoms with Gasteiger partial charge in [0.2, 0.25) is 10.0 Å². The second-order valence-corrected chi connectivity index (χ2v) is 6.90. The summed E-state index contributed by atoms with van der Waals surface area (Å²) in [4.78, 5) is 11.5. The van der Waals surface area contributed by atoms with Crippen LogP contribution in [0.15, 0.2) is 71.1 Å². The molecule has 0 amide bonds. The molecule has 0 bridgehead atoms. The summed E-state index contributed by atoms with van der Waals surface area (Å²) in [6, 6.07) is 14.9. The monoisotopic (exact) mass is 329 g/mol. The summed E-state index contributed by atoms with van der Waals surface area (Å²) in [5.41, 5.74) is 2.06. The molecular formula is C18H19NO3S. The summed E-state index contributed by atoms with van der Waals surface area (Å²) in [5, 5.41) is 0. The second kappa shape index (κ2) is 7.35. The normalized spacial score (nSPS) is 13.6. The highest BCUT2D eigenvalue weighted by Gasteiger charge is 2.23. The van der Waals surface area contributed by atoms with Gasteiger partial charge in [0, 0.05) is 5.57 Å². The third-order valence-corrected chi connectivity index (χ3v) is 4.98. The first-order valence-corrected chi connectivity index (χ1v) is 8.71. The van der Waals surface area contributed by atoms with Gasteiger partial charge in [-0.05, 0) is 31.5 Å². The summed E-state index contributed by atoms with van der Waals surface area (Å²) < 4.78 is 27.8. The molecule has 1 atom stereocenters. The van der Waals surface area contributed by atoms with Crippen LogP contribution in [0.1, 0.15) is 24.1 Å². The minimum Gasteiger partial charge on any atom is -0.298 e. The van der Waals surface area contributed by atoms with Crippen LogP contribution in [-0.2, 0) is 14.8 Å². The maximum atomic E-state index is 12.6. The van der Waals surface area contributed by atoms with Gasteiger partial charge in [-0.15, -0.1) is 0 Å². The van der Waals surface area contributed by atoms with E-state index < -0.39 is 16.1 Å². The van der Waals surface area contributed by atoms with Crippen molar-refractivity contribution in [1.82, 2.24) is 4.72 Å². The molecule has 1 unspecified atom stereocenters. The highest BCUT2D eigenvalue weighted by atomic mass is 32.2. The predicted octanol–water partition coefficient (Wildman–Crippen LogP) is 3.16. The van der Waals surface area contributed by atoms with Gasteiger partial charge in [0.1, 0.15) is 6.29 Å². The average molecular weight is 329 g/mol. The first-order chi connectivity index (χ1) is 11.0. The van der Waals surface area contributed by atoms with Crippen LogP contribution in [0.25, 0.3) is 0 Å². The molecule has 0 fully saturated rings. The molecule has 23 heavy (non-hydrogen) atoms. The Morgan fingerprint density at radius 2 is 1.65 bits per heavy atom. The van der Waals surface area contributed by atoms with E-state index in [1.165, 1.54) is 0 Å². The predicted molar refractivity (Wildman–Crippen MR) is 90.5 cm³/mol. The number of benzene rings is 2. The van der Waals surface area contributed by atoms with Crippen molar-refractivity contribution >= 4 is 16.3 Å². The van der Waals surface area contributed by atoms with E-state index in [-0.39, 0.29) is 4.90 Å². The Hall–Kier alpha value is -2.24. The molecule has 1 N–H and O–H groups in total. The first kappa shape index (κ1) is 17.1. The van der Waals surface area contributed by atoms with Crippen LogP contribution < -0.4 is 4.72 Å². The van der Waals surface area contributed by atoms with Gasteiger partial charge in [-0.25, -0.2) is 8.42 Å². The van der Waals surface area contributed by atoms with Gasteiger partial charge in [-0.2, -0.15) is 4.72 Å². The van der Waals surface area contributed by atoms with Crippen LogP contribution in [0.5, 0.6) is 0 Å². The molecule has 0 saturated heterocycles. The summed E-state index contributed by atoms with van der Waals surface area (Å²) in [6.45, 7) is 3.60. The van der Waals surface area contributed by atoms with E-state index in [1.54, 1.807) is 61.5 Å². The minimum atomic E-state index is -3.74. The lowest BCUT2D eigenvalue weighted by Gasteiger charge is -2.19. The van der Waals surface area contributed by atoms with E-state index in [4.69, 9.17) is 0 Å². The number of allylic oxidation sites excluding steroid dienone is 1. The fourth-order valence-electron chi connectivity index (χ4n) is 2.22. The van der Waals surface area contributed by atoms with Crippen molar-refractivity contribution in [1.29, 1.82) is 0 Å². The minimum absolute atomic E-state index is 0.172. The Kier molecular flexibility index (Phi) is 5.47. The van der Waals surface area contributed by atoms with Gasteiger partial charge in [0.25, 0.3) is 0 Å². The van der Waals surface area contributed by atoms with Crippen molar-refractivity contribution in [2.45, 2.75) is 24.8 Å². The number of aldehydes is 1. The molecule has 0 heterocycles. The molecule has 0 aromatic heterocycles. The summed E-state index contributed by atoms with van der Waals surface area (Å²) in [7, 11) is -3.74. The summed E-state index contributed by atoms with van der Waals surface area (Å²) in [6.07, 6.45) is 2.29. The fourth-order valence-corrected chi connectivity index (χ4v) is 3.43. The molecule has 2 aromatic rings. The van der Waals surface area contributed by atoms with E-state index in [0.29, 0.717) is 17.4 Å². The van der Waals surface area contributed by atoms with Crippen molar-refractivity contribution < 1.29 is 13.2 Å². The number of hydrogen-bond donors (Lipinski definition) is 1. The van der Waals surface area contributed by atoms with Gasteiger partial charge >= 0.3 is 0 Å². The van der Waals surface area contributed by atoms with E-state index in [2.05, 4.69) is 4.72 Å². The zero-order valence-corrected chi connectivity index (χ0v) is 13.9. The first-order valence-electron chi connectivity index (χ1n) is 7.23. The Morgan fingerprint density at radius 1 is 1.04 bits per heavy atom. The highest BCUT2D eigenvalue weighted by molar-refractivity contribution is 7.89. The van der Waals surface area contributed by atoms with Crippen molar-refractivity contribution in [3.63, 3.8) is 0 Å². The topological polar surface area (TPSA) is 63.2 Å². The smallest absolute Gasteiger partial charge is 0.241 e. The van der Waals surface area contributed by atoms with Gasteiger partial charge in [-0.1, -0.05) is 54.1 Å². The maximum absolute atomic E-state index is 12.6. The standard InChI is InChI=1S/C18H19NO3S/c1-3-15(13-20)18(16-7-5-4-6-8-16)19-23(21,22)17-11-9-14(2)10-12-17/h3-13,18-19H,1-2H3. The Labute approximate surface area is 136 Å². The van der Waals surface area contributed by atoms with Crippen molar-refractivity contribution in [3.05, 3.63) is 77.4 Å². The number of carbonyl (C=O) groups excluding carboxylic acids is 1. The number of aryl methyl sites for hydroxylation is 1. The third kappa shape index (κ3) is 4.15. The average Bonchev–Trinajstić information content (AvgIpc) is 2.56. The largest absolute Gasteiger partial charge is 0.298 e. The zero-order chi connectivity index (χ0) is 16.9. The lowest BCUT2D eigenvalue weighted by Crippen LogP contribution is -2.30. The van der Waals surface area contributed by atoms with Crippen LogP contribution in [0, 0.1) is 6.92 Å². The number of nitrogens with one attached hydrogen (secondary N) is 1. The third-order valence-electron chi connectivity index (χ3n) is 3.54. The van der Waals surface area contributed by atoms with Crippen LogP contribution in [0.3, 0.4) is 0 Å². The number of hydrogen-bond acceptors (Lipinski definition) is 3. The van der Waals surface area contributed by atoms with Crippen LogP contribution in [-0.4, -0.2) is 14.7 Å². The highest BCUT2D eigenvalue weighted by Crippen LogP contribution is 2.23. The molecule has 0 radical (unpaired) electrons. The molecule has 0 aliphatic heterocycles. The van der Waals surface area contributed by atoms with E-state index in [1.807, 2.05) is 13.0 Å². The summed E-state index contributed by atoms with van der Waals surface area (Å²) in [5.74, 6) is 0. The van der Waals surface area contributed by atoms with Crippen LogP contribution >= 0.6 is 0 Å². The fraction of sp³-hybridized carbons (Fsp3) is 0.167. The Bertz CT molecular complexity index is 794. The molecule has 5 heteroatoms. The van der Waals surface area contributed by atoms with Gasteiger partial charge in [0.05, 0.1) is 10.9 Å². The number of sulfonamides is 1. The van der Waals surface area contributed by atoms with Crippen LogP contribution in [0.4, 0.5) is 0 Å². The summed E-state index contributed by atoms with van der Waals surface area (Å²) >= 11 is 0. The molecule has 0 spiro atoms.